The molecule has 2 aliphatic heterocycles. The van der Waals surface area contributed by atoms with Crippen LogP contribution in [-0.4, -0.2) is 56.3 Å². The highest BCUT2D eigenvalue weighted by atomic mass is 16.5. The lowest BCUT2D eigenvalue weighted by molar-refractivity contribution is -0.0461. The molecule has 1 amide bonds. The molecule has 2 atom stereocenters. The van der Waals surface area contributed by atoms with Gasteiger partial charge in [-0.25, -0.2) is 0 Å². The van der Waals surface area contributed by atoms with Crippen molar-refractivity contribution < 1.29 is 14.3 Å². The number of anilines is 1. The minimum atomic E-state index is -0.134. The fourth-order valence-corrected chi connectivity index (χ4v) is 3.17. The molecule has 6 heteroatoms. The van der Waals surface area contributed by atoms with Crippen molar-refractivity contribution in [2.24, 2.45) is 0 Å². The van der Waals surface area contributed by atoms with Crippen LogP contribution in [0.4, 0.5) is 5.69 Å². The molecule has 3 rings (SSSR count). The Morgan fingerprint density at radius 1 is 1.55 bits per heavy atom. The zero-order chi connectivity index (χ0) is 15.5. The smallest absolute Gasteiger partial charge is 0.251 e. The van der Waals surface area contributed by atoms with Crippen LogP contribution < -0.4 is 15.8 Å². The highest BCUT2D eigenvalue weighted by Gasteiger charge is 2.32. The number of nitrogen functional groups attached to an aromatic ring is 1. The van der Waals surface area contributed by atoms with Crippen molar-refractivity contribution in [1.82, 2.24) is 10.2 Å². The number of benzene rings is 1. The molecule has 2 saturated heterocycles. The van der Waals surface area contributed by atoms with Gasteiger partial charge in [0.25, 0.3) is 5.91 Å². The molecule has 0 bridgehead atoms. The molecule has 120 valence electrons. The number of fused-ring (bicyclic) bond motifs is 1. The number of hydrogen-bond acceptors (Lipinski definition) is 5. The molecule has 0 aromatic heterocycles. The summed E-state index contributed by atoms with van der Waals surface area (Å²) in [6, 6.07) is 5.61. The first kappa shape index (κ1) is 15.1. The highest BCUT2D eigenvalue weighted by molar-refractivity contribution is 5.95. The number of hydrogen-bond donors (Lipinski definition) is 2. The molecule has 0 aliphatic carbocycles. The Bertz CT molecular complexity index is 549. The van der Waals surface area contributed by atoms with E-state index in [-0.39, 0.29) is 12.0 Å². The minimum Gasteiger partial charge on any atom is -0.495 e. The summed E-state index contributed by atoms with van der Waals surface area (Å²) in [5.41, 5.74) is 6.82. The van der Waals surface area contributed by atoms with Gasteiger partial charge in [-0.3, -0.25) is 9.69 Å². The van der Waals surface area contributed by atoms with Crippen LogP contribution in [0.3, 0.4) is 0 Å². The van der Waals surface area contributed by atoms with Crippen LogP contribution in [0, 0.1) is 0 Å². The van der Waals surface area contributed by atoms with Crippen molar-refractivity contribution >= 4 is 11.6 Å². The average Bonchev–Trinajstić information content (AvgIpc) is 3.00. The number of morpholine rings is 1. The van der Waals surface area contributed by atoms with E-state index in [1.165, 1.54) is 20.0 Å². The van der Waals surface area contributed by atoms with E-state index in [0.717, 1.165) is 19.7 Å². The van der Waals surface area contributed by atoms with E-state index in [4.69, 9.17) is 15.2 Å². The first-order valence-electron chi connectivity index (χ1n) is 7.74. The van der Waals surface area contributed by atoms with Crippen LogP contribution in [0.25, 0.3) is 0 Å². The second-order valence-electron chi connectivity index (χ2n) is 5.91. The Morgan fingerprint density at radius 2 is 2.41 bits per heavy atom. The number of nitrogens with two attached hydrogens (primary N) is 1. The molecule has 6 nitrogen and oxygen atoms in total. The van der Waals surface area contributed by atoms with Gasteiger partial charge in [0.1, 0.15) is 5.75 Å². The third-order valence-corrected chi connectivity index (χ3v) is 4.45. The summed E-state index contributed by atoms with van der Waals surface area (Å²) in [4.78, 5) is 14.7. The average molecular weight is 305 g/mol. The molecule has 0 radical (unpaired) electrons. The van der Waals surface area contributed by atoms with Crippen molar-refractivity contribution in [1.29, 1.82) is 0 Å². The lowest BCUT2D eigenvalue weighted by atomic mass is 10.1. The standard InChI is InChI=1S/C16H23N3O3/c1-21-15-7-11(4-5-14(15)17)16(20)18-8-13-9-19-6-2-3-12(19)10-22-13/h4-5,7,12-13H,2-3,6,8-10,17H2,1H3,(H,18,20)/t12-,13+/m0/s1. The summed E-state index contributed by atoms with van der Waals surface area (Å²) in [5, 5.41) is 2.93. The number of nitrogens with zero attached hydrogens (tertiary/aromatic N) is 1. The maximum absolute atomic E-state index is 12.2. The fourth-order valence-electron chi connectivity index (χ4n) is 3.17. The lowest BCUT2D eigenvalue weighted by Gasteiger charge is -2.35. The van der Waals surface area contributed by atoms with Gasteiger partial charge in [0.05, 0.1) is 25.5 Å². The van der Waals surface area contributed by atoms with Gasteiger partial charge >= 0.3 is 0 Å². The van der Waals surface area contributed by atoms with Crippen LogP contribution in [-0.2, 0) is 4.74 Å². The number of methoxy groups -OCH3 is 1. The van der Waals surface area contributed by atoms with Crippen LogP contribution in [0.2, 0.25) is 0 Å². The maximum Gasteiger partial charge on any atom is 0.251 e. The van der Waals surface area contributed by atoms with Gasteiger partial charge in [-0.15, -0.1) is 0 Å². The van der Waals surface area contributed by atoms with Crippen LogP contribution in [0.1, 0.15) is 23.2 Å². The van der Waals surface area contributed by atoms with E-state index in [1.807, 2.05) is 0 Å². The van der Waals surface area contributed by atoms with Gasteiger partial charge in [0.15, 0.2) is 0 Å². The maximum atomic E-state index is 12.2. The summed E-state index contributed by atoms with van der Waals surface area (Å²) in [7, 11) is 1.54. The molecular formula is C16H23N3O3. The predicted octanol–water partition coefficient (Wildman–Crippen LogP) is 0.870. The highest BCUT2D eigenvalue weighted by Crippen LogP contribution is 2.23. The van der Waals surface area contributed by atoms with Gasteiger partial charge in [-0.2, -0.15) is 0 Å². The second kappa shape index (κ2) is 6.54. The first-order valence-corrected chi connectivity index (χ1v) is 7.74. The molecule has 2 aliphatic rings. The van der Waals surface area contributed by atoms with Crippen molar-refractivity contribution in [3.05, 3.63) is 23.8 Å². The Morgan fingerprint density at radius 3 is 3.23 bits per heavy atom. The molecular weight excluding hydrogens is 282 g/mol. The largest absolute Gasteiger partial charge is 0.495 e. The van der Waals surface area contributed by atoms with Crippen molar-refractivity contribution in [2.75, 3.05) is 39.1 Å². The Balaban J connectivity index is 1.54. The number of rotatable bonds is 4. The normalized spacial score (nSPS) is 24.8. The van der Waals surface area contributed by atoms with Gasteiger partial charge in [0.2, 0.25) is 0 Å². The van der Waals surface area contributed by atoms with E-state index >= 15 is 0 Å². The molecule has 0 saturated carbocycles. The van der Waals surface area contributed by atoms with Gasteiger partial charge < -0.3 is 20.5 Å². The molecule has 1 aromatic carbocycles. The lowest BCUT2D eigenvalue weighted by Crippen LogP contribution is -2.50. The first-order chi connectivity index (χ1) is 10.7. The van der Waals surface area contributed by atoms with E-state index in [1.54, 1.807) is 18.2 Å². The van der Waals surface area contributed by atoms with Crippen LogP contribution in [0.5, 0.6) is 5.75 Å². The summed E-state index contributed by atoms with van der Waals surface area (Å²) >= 11 is 0. The van der Waals surface area contributed by atoms with Crippen molar-refractivity contribution in [3.63, 3.8) is 0 Å². The summed E-state index contributed by atoms with van der Waals surface area (Å²) in [6.07, 6.45) is 2.54. The zero-order valence-electron chi connectivity index (χ0n) is 12.9. The Kier molecular flexibility index (Phi) is 4.49. The summed E-state index contributed by atoms with van der Waals surface area (Å²) in [5.74, 6) is 0.381. The minimum absolute atomic E-state index is 0.0639. The topological polar surface area (TPSA) is 76.8 Å². The monoisotopic (exact) mass is 305 g/mol. The SMILES string of the molecule is COc1cc(C(=O)NC[C@@H]2CN3CCC[C@H]3CO2)ccc1N. The molecule has 0 unspecified atom stereocenters. The van der Waals surface area contributed by atoms with Crippen LogP contribution >= 0.6 is 0 Å². The fraction of sp³-hybridized carbons (Fsp3) is 0.562. The Labute approximate surface area is 130 Å². The van der Waals surface area contributed by atoms with E-state index in [9.17, 15) is 4.79 Å². The second-order valence-corrected chi connectivity index (χ2v) is 5.91. The molecule has 0 spiro atoms. The van der Waals surface area contributed by atoms with Gasteiger partial charge in [0, 0.05) is 24.7 Å². The third-order valence-electron chi connectivity index (χ3n) is 4.45. The van der Waals surface area contributed by atoms with Gasteiger partial charge in [-0.05, 0) is 37.6 Å². The van der Waals surface area contributed by atoms with E-state index in [0.29, 0.717) is 29.6 Å². The molecule has 2 heterocycles. The zero-order valence-corrected chi connectivity index (χ0v) is 12.9. The number of carbonyl (C=O) groups is 1. The van der Waals surface area contributed by atoms with Crippen molar-refractivity contribution in [3.8, 4) is 5.75 Å². The predicted molar refractivity (Wildman–Crippen MR) is 84.1 cm³/mol. The number of carbonyl (C=O) groups excluding carboxylic acids is 1. The van der Waals surface area contributed by atoms with Crippen molar-refractivity contribution in [2.45, 2.75) is 25.0 Å². The van der Waals surface area contributed by atoms with E-state index < -0.39 is 0 Å². The van der Waals surface area contributed by atoms with Crippen LogP contribution in [0.15, 0.2) is 18.2 Å². The molecule has 22 heavy (non-hydrogen) atoms. The number of ether oxygens (including phenoxy) is 2. The summed E-state index contributed by atoms with van der Waals surface area (Å²) < 4.78 is 11.0. The number of nitrogens with one attached hydrogen (secondary N) is 1. The third kappa shape index (κ3) is 3.18. The number of amides is 1. The quantitative estimate of drug-likeness (QED) is 0.807. The Hall–Kier alpha value is -1.79. The molecule has 1 aromatic rings. The van der Waals surface area contributed by atoms with Gasteiger partial charge in [-0.1, -0.05) is 0 Å². The summed E-state index contributed by atoms with van der Waals surface area (Å²) in [6.45, 7) is 3.34. The molecule has 2 fully saturated rings. The molecule has 3 N–H and O–H groups in total. The van der Waals surface area contributed by atoms with E-state index in [2.05, 4.69) is 10.2 Å².